The minimum Gasteiger partial charge on any atom is -0.459 e. The summed E-state index contributed by atoms with van der Waals surface area (Å²) in [6, 6.07) is 17.1. The third-order valence-corrected chi connectivity index (χ3v) is 5.00. The fraction of sp³-hybridized carbons (Fsp3) is 0.100. The molecule has 1 N–H and O–H groups in total. The number of ether oxygens (including phenoxy) is 1. The molecule has 0 aliphatic carbocycles. The molecule has 0 fully saturated rings. The summed E-state index contributed by atoms with van der Waals surface area (Å²) in [6.45, 7) is 0.822. The van der Waals surface area contributed by atoms with Crippen molar-refractivity contribution in [2.75, 3.05) is 6.61 Å². The monoisotopic (exact) mass is 443 g/mol. The van der Waals surface area contributed by atoms with Crippen LogP contribution in [0, 0.1) is 0 Å². The van der Waals surface area contributed by atoms with E-state index in [1.165, 1.54) is 0 Å². The highest BCUT2D eigenvalue weighted by atomic mass is 79.9. The Balaban J connectivity index is 1.39. The van der Waals surface area contributed by atoms with E-state index in [1.54, 1.807) is 6.07 Å². The van der Waals surface area contributed by atoms with Gasteiger partial charge in [0.05, 0.1) is 12.2 Å². The van der Waals surface area contributed by atoms with Crippen molar-refractivity contribution in [2.24, 2.45) is 0 Å². The smallest absolute Gasteiger partial charge is 0.356 e. The minimum absolute atomic E-state index is 0.262. The lowest BCUT2D eigenvalue weighted by atomic mass is 10.1. The number of carbonyl (C=O) groups is 1. The number of nitrogens with zero attached hydrogens (tertiary/aromatic N) is 2. The van der Waals surface area contributed by atoms with E-state index in [-0.39, 0.29) is 6.61 Å². The Kier molecular flexibility index (Phi) is 5.01. The van der Waals surface area contributed by atoms with Crippen molar-refractivity contribution in [3.8, 4) is 11.3 Å². The van der Waals surface area contributed by atoms with E-state index in [0.29, 0.717) is 23.0 Å². The fourth-order valence-corrected chi connectivity index (χ4v) is 3.32. The standard InChI is InChI=1S/C20H15BrClN3O2/c21-15-3-1-13(2-4-15)17-12-18(24-23-17)20(26)27-10-9-25-8-7-14-11-16(22)5-6-19(14)25/h1-8,11-12H,9-10H2,(H,23,24). The highest BCUT2D eigenvalue weighted by Gasteiger charge is 2.12. The first kappa shape index (κ1) is 17.8. The molecule has 2 heterocycles. The Hall–Kier alpha value is -2.57. The molecule has 0 atom stereocenters. The van der Waals surface area contributed by atoms with Crippen molar-refractivity contribution in [2.45, 2.75) is 6.54 Å². The van der Waals surface area contributed by atoms with Crippen LogP contribution in [0.4, 0.5) is 0 Å². The molecule has 2 aromatic carbocycles. The van der Waals surface area contributed by atoms with Crippen LogP contribution in [0.5, 0.6) is 0 Å². The van der Waals surface area contributed by atoms with E-state index in [0.717, 1.165) is 20.9 Å². The third-order valence-electron chi connectivity index (χ3n) is 4.24. The molecule has 0 saturated carbocycles. The summed E-state index contributed by atoms with van der Waals surface area (Å²) in [7, 11) is 0. The number of nitrogens with one attached hydrogen (secondary N) is 1. The van der Waals surface area contributed by atoms with Crippen molar-refractivity contribution in [3.63, 3.8) is 0 Å². The van der Waals surface area contributed by atoms with Crippen LogP contribution in [0.25, 0.3) is 22.2 Å². The average molecular weight is 445 g/mol. The highest BCUT2D eigenvalue weighted by molar-refractivity contribution is 9.10. The molecule has 2 aromatic heterocycles. The second-order valence-corrected chi connectivity index (χ2v) is 7.37. The quantitative estimate of drug-likeness (QED) is 0.425. The number of H-pyrrole nitrogens is 1. The fourth-order valence-electron chi connectivity index (χ4n) is 2.88. The number of benzene rings is 2. The van der Waals surface area contributed by atoms with E-state index >= 15 is 0 Å². The SMILES string of the molecule is O=C(OCCn1ccc2cc(Cl)ccc21)c1cc(-c2ccc(Br)cc2)n[nH]1. The number of rotatable bonds is 5. The lowest BCUT2D eigenvalue weighted by Crippen LogP contribution is -2.11. The maximum atomic E-state index is 12.3. The molecule has 0 spiro atoms. The van der Waals surface area contributed by atoms with Crippen LogP contribution in [0.15, 0.2) is 65.3 Å². The van der Waals surface area contributed by atoms with Gasteiger partial charge in [-0.25, -0.2) is 4.79 Å². The molecule has 5 nitrogen and oxygen atoms in total. The van der Waals surface area contributed by atoms with Gasteiger partial charge >= 0.3 is 5.97 Å². The van der Waals surface area contributed by atoms with Gasteiger partial charge in [-0.05, 0) is 42.5 Å². The average Bonchev–Trinajstić information content (AvgIpc) is 3.30. The summed E-state index contributed by atoms with van der Waals surface area (Å²) < 4.78 is 8.39. The number of aromatic nitrogens is 3. The van der Waals surface area contributed by atoms with Crippen molar-refractivity contribution in [1.29, 1.82) is 0 Å². The van der Waals surface area contributed by atoms with E-state index in [2.05, 4.69) is 26.1 Å². The molecular formula is C20H15BrClN3O2. The Bertz CT molecular complexity index is 1100. The molecule has 0 radical (unpaired) electrons. The molecule has 0 aliphatic rings. The first-order chi connectivity index (χ1) is 13.1. The van der Waals surface area contributed by atoms with Crippen molar-refractivity contribution < 1.29 is 9.53 Å². The summed E-state index contributed by atoms with van der Waals surface area (Å²) in [5, 5.41) is 8.68. The Labute approximate surface area is 169 Å². The van der Waals surface area contributed by atoms with E-state index in [1.807, 2.05) is 59.3 Å². The van der Waals surface area contributed by atoms with Gasteiger partial charge in [0, 0.05) is 32.2 Å². The maximum Gasteiger partial charge on any atom is 0.356 e. The second kappa shape index (κ2) is 7.58. The number of aromatic amines is 1. The zero-order valence-electron chi connectivity index (χ0n) is 14.2. The Morgan fingerprint density at radius 1 is 1.15 bits per heavy atom. The predicted molar refractivity (Wildman–Crippen MR) is 109 cm³/mol. The van der Waals surface area contributed by atoms with E-state index < -0.39 is 5.97 Å². The van der Waals surface area contributed by atoms with Crippen molar-refractivity contribution in [3.05, 3.63) is 76.0 Å². The van der Waals surface area contributed by atoms with Gasteiger partial charge in [0.15, 0.2) is 0 Å². The summed E-state index contributed by atoms with van der Waals surface area (Å²) in [5.41, 5.74) is 3.00. The van der Waals surface area contributed by atoms with Gasteiger partial charge in [0.2, 0.25) is 0 Å². The van der Waals surface area contributed by atoms with Crippen LogP contribution in [0.1, 0.15) is 10.5 Å². The van der Waals surface area contributed by atoms with Crippen LogP contribution in [-0.4, -0.2) is 27.3 Å². The summed E-state index contributed by atoms with van der Waals surface area (Å²) in [5.74, 6) is -0.426. The summed E-state index contributed by atoms with van der Waals surface area (Å²) in [6.07, 6.45) is 1.96. The van der Waals surface area contributed by atoms with Gasteiger partial charge < -0.3 is 9.30 Å². The van der Waals surface area contributed by atoms with Crippen LogP contribution in [0.2, 0.25) is 5.02 Å². The molecule has 4 aromatic rings. The molecule has 7 heteroatoms. The first-order valence-electron chi connectivity index (χ1n) is 8.33. The van der Waals surface area contributed by atoms with E-state index in [9.17, 15) is 4.79 Å². The maximum absolute atomic E-state index is 12.3. The normalized spacial score (nSPS) is 11.0. The highest BCUT2D eigenvalue weighted by Crippen LogP contribution is 2.22. The van der Waals surface area contributed by atoms with Crippen molar-refractivity contribution >= 4 is 44.4 Å². The zero-order valence-corrected chi connectivity index (χ0v) is 16.5. The predicted octanol–water partition coefficient (Wildman–Crippen LogP) is 5.30. The van der Waals surface area contributed by atoms with Crippen LogP contribution in [0.3, 0.4) is 0 Å². The van der Waals surface area contributed by atoms with Crippen molar-refractivity contribution in [1.82, 2.24) is 14.8 Å². The largest absolute Gasteiger partial charge is 0.459 e. The zero-order chi connectivity index (χ0) is 18.8. The molecule has 27 heavy (non-hydrogen) atoms. The number of hydrogen-bond donors (Lipinski definition) is 1. The van der Waals surface area contributed by atoms with Crippen LogP contribution >= 0.6 is 27.5 Å². The minimum atomic E-state index is -0.426. The molecule has 4 rings (SSSR count). The van der Waals surface area contributed by atoms with Gasteiger partial charge in [-0.2, -0.15) is 5.10 Å². The molecular weight excluding hydrogens is 430 g/mol. The molecule has 0 saturated heterocycles. The lowest BCUT2D eigenvalue weighted by molar-refractivity contribution is 0.0485. The number of carbonyl (C=O) groups excluding carboxylic acids is 1. The molecule has 0 bridgehead atoms. The second-order valence-electron chi connectivity index (χ2n) is 6.02. The van der Waals surface area contributed by atoms with Gasteiger partial charge in [-0.15, -0.1) is 0 Å². The van der Waals surface area contributed by atoms with Gasteiger partial charge in [0.25, 0.3) is 0 Å². The lowest BCUT2D eigenvalue weighted by Gasteiger charge is -2.06. The van der Waals surface area contributed by atoms with E-state index in [4.69, 9.17) is 16.3 Å². The third kappa shape index (κ3) is 3.91. The van der Waals surface area contributed by atoms with Crippen LogP contribution < -0.4 is 0 Å². The molecule has 0 aliphatic heterocycles. The molecule has 136 valence electrons. The Morgan fingerprint density at radius 3 is 2.78 bits per heavy atom. The van der Waals surface area contributed by atoms with Gasteiger partial charge in [-0.3, -0.25) is 5.10 Å². The number of halogens is 2. The van der Waals surface area contributed by atoms with Gasteiger partial charge in [0.1, 0.15) is 12.3 Å². The number of hydrogen-bond acceptors (Lipinski definition) is 3. The molecule has 0 amide bonds. The van der Waals surface area contributed by atoms with Crippen LogP contribution in [-0.2, 0) is 11.3 Å². The molecule has 0 unspecified atom stereocenters. The summed E-state index contributed by atoms with van der Waals surface area (Å²) in [4.78, 5) is 12.3. The topological polar surface area (TPSA) is 59.9 Å². The number of fused-ring (bicyclic) bond motifs is 1. The summed E-state index contributed by atoms with van der Waals surface area (Å²) >= 11 is 9.40. The first-order valence-corrected chi connectivity index (χ1v) is 9.50. The van der Waals surface area contributed by atoms with Gasteiger partial charge in [-0.1, -0.05) is 39.7 Å². The Morgan fingerprint density at radius 2 is 1.96 bits per heavy atom. The number of esters is 1.